The summed E-state index contributed by atoms with van der Waals surface area (Å²) in [6.07, 6.45) is 0.365. The second-order valence-corrected chi connectivity index (χ2v) is 4.58. The van der Waals surface area contributed by atoms with Crippen LogP contribution in [0.1, 0.15) is 12.5 Å². The molecule has 0 spiro atoms. The van der Waals surface area contributed by atoms with Gasteiger partial charge in [-0.1, -0.05) is 18.2 Å². The van der Waals surface area contributed by atoms with Crippen molar-refractivity contribution in [3.63, 3.8) is 0 Å². The van der Waals surface area contributed by atoms with E-state index >= 15 is 0 Å². The Morgan fingerprint density at radius 2 is 2.20 bits per heavy atom. The zero-order valence-electron chi connectivity index (χ0n) is 8.53. The molecular formula is C11H14INO2. The van der Waals surface area contributed by atoms with Crippen molar-refractivity contribution in [2.75, 3.05) is 6.61 Å². The summed E-state index contributed by atoms with van der Waals surface area (Å²) in [4.78, 5) is 11.5. The molecule has 0 bridgehead atoms. The molecule has 1 unspecified atom stereocenters. The molecule has 0 aliphatic heterocycles. The van der Waals surface area contributed by atoms with Crippen LogP contribution in [0, 0.1) is 3.57 Å². The van der Waals surface area contributed by atoms with E-state index < -0.39 is 0 Å². The minimum absolute atomic E-state index is 0.0301. The molecule has 0 fully saturated rings. The van der Waals surface area contributed by atoms with E-state index in [9.17, 15) is 4.79 Å². The monoisotopic (exact) mass is 319 g/mol. The summed E-state index contributed by atoms with van der Waals surface area (Å²) in [6, 6.07) is 7.59. The highest BCUT2D eigenvalue weighted by Crippen LogP contribution is 2.11. The molecule has 4 heteroatoms. The van der Waals surface area contributed by atoms with Crippen LogP contribution in [0.15, 0.2) is 24.3 Å². The van der Waals surface area contributed by atoms with E-state index in [1.165, 1.54) is 0 Å². The third-order valence-electron chi connectivity index (χ3n) is 1.99. The van der Waals surface area contributed by atoms with Gasteiger partial charge in [0, 0.05) is 9.61 Å². The number of aliphatic hydroxyl groups excluding tert-OH is 1. The second-order valence-electron chi connectivity index (χ2n) is 3.42. The summed E-state index contributed by atoms with van der Waals surface area (Å²) in [7, 11) is 0. The summed E-state index contributed by atoms with van der Waals surface area (Å²) in [6.45, 7) is 1.74. The minimum atomic E-state index is -0.182. The van der Waals surface area contributed by atoms with Crippen LogP contribution in [0.25, 0.3) is 0 Å². The summed E-state index contributed by atoms with van der Waals surface area (Å²) in [5, 5.41) is 11.5. The first-order chi connectivity index (χ1) is 7.13. The van der Waals surface area contributed by atoms with Crippen molar-refractivity contribution in [3.05, 3.63) is 33.4 Å². The highest BCUT2D eigenvalue weighted by Gasteiger charge is 2.08. The number of carbonyl (C=O) groups is 1. The molecule has 0 saturated carbocycles. The van der Waals surface area contributed by atoms with E-state index in [-0.39, 0.29) is 18.6 Å². The van der Waals surface area contributed by atoms with E-state index in [2.05, 4.69) is 27.9 Å². The lowest BCUT2D eigenvalue weighted by Crippen LogP contribution is -2.36. The summed E-state index contributed by atoms with van der Waals surface area (Å²) in [5.74, 6) is -0.0549. The Balaban J connectivity index is 2.55. The molecule has 0 saturated heterocycles. The summed E-state index contributed by atoms with van der Waals surface area (Å²) < 4.78 is 1.09. The van der Waals surface area contributed by atoms with Crippen LogP contribution in [-0.4, -0.2) is 23.7 Å². The second kappa shape index (κ2) is 6.07. The van der Waals surface area contributed by atoms with Gasteiger partial charge in [0.15, 0.2) is 0 Å². The molecule has 1 aromatic carbocycles. The van der Waals surface area contributed by atoms with Crippen molar-refractivity contribution in [3.8, 4) is 0 Å². The largest absolute Gasteiger partial charge is 0.394 e. The molecule has 82 valence electrons. The number of nitrogens with one attached hydrogen (secondary N) is 1. The minimum Gasteiger partial charge on any atom is -0.394 e. The summed E-state index contributed by atoms with van der Waals surface area (Å²) >= 11 is 2.21. The Labute approximate surface area is 103 Å². The highest BCUT2D eigenvalue weighted by atomic mass is 127. The maximum absolute atomic E-state index is 11.5. The lowest BCUT2D eigenvalue weighted by molar-refractivity contribution is -0.121. The first-order valence-corrected chi connectivity index (χ1v) is 5.85. The van der Waals surface area contributed by atoms with Gasteiger partial charge in [0.05, 0.1) is 13.0 Å². The zero-order valence-corrected chi connectivity index (χ0v) is 10.7. The standard InChI is InChI=1S/C11H14INO2/c1-8(7-14)13-11(15)6-9-4-2-3-5-10(9)12/h2-5,8,14H,6-7H2,1H3,(H,13,15). The van der Waals surface area contributed by atoms with Crippen LogP contribution in [0.3, 0.4) is 0 Å². The molecule has 0 heterocycles. The number of halogens is 1. The average Bonchev–Trinajstić information content (AvgIpc) is 2.21. The van der Waals surface area contributed by atoms with Crippen molar-refractivity contribution in [2.24, 2.45) is 0 Å². The number of rotatable bonds is 4. The number of hydrogen-bond acceptors (Lipinski definition) is 2. The van der Waals surface area contributed by atoms with Crippen LogP contribution in [0.4, 0.5) is 0 Å². The third-order valence-corrected chi connectivity index (χ3v) is 3.04. The van der Waals surface area contributed by atoms with Crippen LogP contribution in [0.5, 0.6) is 0 Å². The number of carbonyl (C=O) groups excluding carboxylic acids is 1. The predicted molar refractivity (Wildman–Crippen MR) is 67.6 cm³/mol. The first kappa shape index (κ1) is 12.4. The van der Waals surface area contributed by atoms with Gasteiger partial charge in [0.2, 0.25) is 5.91 Å². The van der Waals surface area contributed by atoms with Crippen LogP contribution >= 0.6 is 22.6 Å². The maximum Gasteiger partial charge on any atom is 0.224 e. The Hall–Kier alpha value is -0.620. The molecule has 0 aliphatic rings. The highest BCUT2D eigenvalue weighted by molar-refractivity contribution is 14.1. The normalized spacial score (nSPS) is 12.2. The van der Waals surface area contributed by atoms with Gasteiger partial charge in [-0.15, -0.1) is 0 Å². The van der Waals surface area contributed by atoms with Gasteiger partial charge in [-0.25, -0.2) is 0 Å². The van der Waals surface area contributed by atoms with Gasteiger partial charge in [0.25, 0.3) is 0 Å². The topological polar surface area (TPSA) is 49.3 Å². The van der Waals surface area contributed by atoms with Crippen molar-refractivity contribution >= 4 is 28.5 Å². The van der Waals surface area contributed by atoms with Crippen LogP contribution in [-0.2, 0) is 11.2 Å². The van der Waals surface area contributed by atoms with E-state index in [1.54, 1.807) is 6.92 Å². The Morgan fingerprint density at radius 3 is 2.80 bits per heavy atom. The Morgan fingerprint density at radius 1 is 1.53 bits per heavy atom. The van der Waals surface area contributed by atoms with Gasteiger partial charge < -0.3 is 10.4 Å². The molecular weight excluding hydrogens is 305 g/mol. The van der Waals surface area contributed by atoms with Gasteiger partial charge in [-0.3, -0.25) is 4.79 Å². The van der Waals surface area contributed by atoms with Gasteiger partial charge in [-0.05, 0) is 41.1 Å². The van der Waals surface area contributed by atoms with Crippen LogP contribution < -0.4 is 5.32 Å². The molecule has 0 radical (unpaired) electrons. The number of aliphatic hydroxyl groups is 1. The molecule has 1 atom stereocenters. The lowest BCUT2D eigenvalue weighted by Gasteiger charge is -2.11. The van der Waals surface area contributed by atoms with E-state index in [0.29, 0.717) is 6.42 Å². The van der Waals surface area contributed by atoms with Gasteiger partial charge >= 0.3 is 0 Å². The third kappa shape index (κ3) is 4.17. The average molecular weight is 319 g/mol. The first-order valence-electron chi connectivity index (χ1n) is 4.77. The van der Waals surface area contributed by atoms with Crippen molar-refractivity contribution in [1.29, 1.82) is 0 Å². The fourth-order valence-electron chi connectivity index (χ4n) is 1.19. The summed E-state index contributed by atoms with van der Waals surface area (Å²) in [5.41, 5.74) is 1.01. The molecule has 0 aromatic heterocycles. The Bertz CT molecular complexity index is 341. The molecule has 1 rings (SSSR count). The van der Waals surface area contributed by atoms with E-state index in [0.717, 1.165) is 9.13 Å². The molecule has 0 aliphatic carbocycles. The molecule has 2 N–H and O–H groups in total. The quantitative estimate of drug-likeness (QED) is 0.823. The van der Waals surface area contributed by atoms with Crippen LogP contribution in [0.2, 0.25) is 0 Å². The molecule has 1 aromatic rings. The van der Waals surface area contributed by atoms with Gasteiger partial charge in [0.1, 0.15) is 0 Å². The fraction of sp³-hybridized carbons (Fsp3) is 0.364. The van der Waals surface area contributed by atoms with Crippen molar-refractivity contribution < 1.29 is 9.90 Å². The molecule has 15 heavy (non-hydrogen) atoms. The van der Waals surface area contributed by atoms with Crippen molar-refractivity contribution in [1.82, 2.24) is 5.32 Å². The number of benzene rings is 1. The lowest BCUT2D eigenvalue weighted by atomic mass is 10.1. The predicted octanol–water partition coefficient (Wildman–Crippen LogP) is 1.33. The number of hydrogen-bond donors (Lipinski definition) is 2. The smallest absolute Gasteiger partial charge is 0.224 e. The van der Waals surface area contributed by atoms with E-state index in [4.69, 9.17) is 5.11 Å². The number of amides is 1. The Kier molecular flexibility index (Phi) is 5.04. The molecule has 3 nitrogen and oxygen atoms in total. The van der Waals surface area contributed by atoms with E-state index in [1.807, 2.05) is 24.3 Å². The van der Waals surface area contributed by atoms with Gasteiger partial charge in [-0.2, -0.15) is 0 Å². The fourth-order valence-corrected chi connectivity index (χ4v) is 1.76. The maximum atomic E-state index is 11.5. The SMILES string of the molecule is CC(CO)NC(=O)Cc1ccccc1I. The molecule has 1 amide bonds. The zero-order chi connectivity index (χ0) is 11.3. The van der Waals surface area contributed by atoms with Crippen molar-refractivity contribution in [2.45, 2.75) is 19.4 Å².